The van der Waals surface area contributed by atoms with Gasteiger partial charge in [0.1, 0.15) is 18.1 Å². The number of benzene rings is 2. The summed E-state index contributed by atoms with van der Waals surface area (Å²) in [6.45, 7) is 8.63. The Morgan fingerprint density at radius 2 is 1.79 bits per heavy atom. The van der Waals surface area contributed by atoms with Crippen LogP contribution >= 0.6 is 11.6 Å². The van der Waals surface area contributed by atoms with E-state index in [9.17, 15) is 4.79 Å². The lowest BCUT2D eigenvalue weighted by molar-refractivity contribution is 0.0992. The molecule has 0 aliphatic rings. The number of halogens is 1. The Balaban J connectivity index is 1.44. The number of hydrogen-bond acceptors (Lipinski definition) is 4. The summed E-state index contributed by atoms with van der Waals surface area (Å²) in [5.74, 6) is 1.00. The van der Waals surface area contributed by atoms with E-state index >= 15 is 0 Å². The van der Waals surface area contributed by atoms with Crippen LogP contribution in [0.4, 0.5) is 5.69 Å². The maximum Gasteiger partial charge on any atom is 0.291 e. The molecule has 7 heteroatoms. The van der Waals surface area contributed by atoms with Crippen molar-refractivity contribution in [1.29, 1.82) is 0 Å². The highest BCUT2D eigenvalue weighted by Crippen LogP contribution is 2.29. The van der Waals surface area contributed by atoms with E-state index in [0.717, 1.165) is 17.0 Å². The summed E-state index contributed by atoms with van der Waals surface area (Å²) in [7, 11) is 0. The number of rotatable bonds is 7. The molecule has 0 aliphatic heterocycles. The van der Waals surface area contributed by atoms with E-state index in [4.69, 9.17) is 20.8 Å². The first-order chi connectivity index (χ1) is 15.8. The number of aryl methyl sites for hydroxylation is 3. The van der Waals surface area contributed by atoms with Gasteiger partial charge in [-0.25, -0.2) is 0 Å². The van der Waals surface area contributed by atoms with Crippen molar-refractivity contribution in [3.05, 3.63) is 99.2 Å². The molecule has 0 bridgehead atoms. The predicted molar refractivity (Wildman–Crippen MR) is 129 cm³/mol. The van der Waals surface area contributed by atoms with Crippen LogP contribution in [0.25, 0.3) is 0 Å². The summed E-state index contributed by atoms with van der Waals surface area (Å²) in [4.78, 5) is 12.8. The molecule has 1 amide bonds. The summed E-state index contributed by atoms with van der Waals surface area (Å²) in [6, 6.07) is 17.1. The van der Waals surface area contributed by atoms with Crippen molar-refractivity contribution in [2.45, 2.75) is 40.8 Å². The summed E-state index contributed by atoms with van der Waals surface area (Å²) in [6.07, 6.45) is 0. The molecule has 2 aromatic heterocycles. The van der Waals surface area contributed by atoms with Gasteiger partial charge in [0.05, 0.1) is 28.6 Å². The van der Waals surface area contributed by atoms with Crippen molar-refractivity contribution < 1.29 is 13.9 Å². The second kappa shape index (κ2) is 9.55. The number of furan rings is 1. The Hall–Kier alpha value is -3.51. The number of anilines is 1. The van der Waals surface area contributed by atoms with Crippen LogP contribution in [-0.4, -0.2) is 15.7 Å². The zero-order chi connectivity index (χ0) is 23.5. The van der Waals surface area contributed by atoms with Gasteiger partial charge in [0, 0.05) is 0 Å². The Morgan fingerprint density at radius 1 is 1.03 bits per heavy atom. The maximum atomic E-state index is 12.8. The maximum absolute atomic E-state index is 12.8. The summed E-state index contributed by atoms with van der Waals surface area (Å²) in [5, 5.41) is 8.10. The van der Waals surface area contributed by atoms with Crippen molar-refractivity contribution >= 4 is 23.2 Å². The molecule has 170 valence electrons. The third-order valence-electron chi connectivity index (χ3n) is 5.61. The van der Waals surface area contributed by atoms with Crippen LogP contribution in [0, 0.1) is 27.7 Å². The minimum absolute atomic E-state index is 0.171. The van der Waals surface area contributed by atoms with Crippen LogP contribution in [0.5, 0.6) is 5.75 Å². The number of para-hydroxylation sites is 1. The number of nitrogens with zero attached hydrogens (tertiary/aromatic N) is 2. The van der Waals surface area contributed by atoms with Crippen LogP contribution in [0.1, 0.15) is 44.4 Å². The van der Waals surface area contributed by atoms with Crippen molar-refractivity contribution in [2.75, 3.05) is 5.32 Å². The van der Waals surface area contributed by atoms with Gasteiger partial charge in [-0.2, -0.15) is 5.10 Å². The molecular formula is C26H26ClN3O3. The molecule has 2 heterocycles. The first-order valence-electron chi connectivity index (χ1n) is 10.7. The van der Waals surface area contributed by atoms with E-state index < -0.39 is 0 Å². The first-order valence-corrected chi connectivity index (χ1v) is 11.1. The number of nitrogens with one attached hydrogen (secondary N) is 1. The Bertz CT molecular complexity index is 1290. The minimum Gasteiger partial charge on any atom is -0.484 e. The van der Waals surface area contributed by atoms with Gasteiger partial charge in [0.15, 0.2) is 5.76 Å². The van der Waals surface area contributed by atoms with Gasteiger partial charge in [-0.15, -0.1) is 0 Å². The lowest BCUT2D eigenvalue weighted by Crippen LogP contribution is -2.12. The van der Waals surface area contributed by atoms with Crippen LogP contribution in [0.3, 0.4) is 0 Å². The van der Waals surface area contributed by atoms with E-state index in [1.165, 1.54) is 11.1 Å². The molecule has 2 aromatic carbocycles. The molecule has 0 saturated carbocycles. The topological polar surface area (TPSA) is 69.3 Å². The van der Waals surface area contributed by atoms with E-state index in [1.54, 1.807) is 18.2 Å². The molecule has 1 N–H and O–H groups in total. The van der Waals surface area contributed by atoms with E-state index in [1.807, 2.05) is 49.7 Å². The van der Waals surface area contributed by atoms with Crippen LogP contribution < -0.4 is 10.1 Å². The zero-order valence-electron chi connectivity index (χ0n) is 19.1. The fraction of sp³-hybridized carbons (Fsp3) is 0.231. The summed E-state index contributed by atoms with van der Waals surface area (Å²) in [5.41, 5.74) is 5.64. The number of aromatic nitrogens is 2. The Morgan fingerprint density at radius 3 is 2.55 bits per heavy atom. The molecule has 0 unspecified atom stereocenters. The van der Waals surface area contributed by atoms with Crippen molar-refractivity contribution in [2.24, 2.45) is 0 Å². The van der Waals surface area contributed by atoms with Crippen LogP contribution in [-0.2, 0) is 13.2 Å². The number of carbonyl (C=O) groups is 1. The molecule has 0 aliphatic carbocycles. The second-order valence-corrected chi connectivity index (χ2v) is 8.43. The fourth-order valence-electron chi connectivity index (χ4n) is 3.68. The quantitative estimate of drug-likeness (QED) is 0.352. The number of hydrogen-bond donors (Lipinski definition) is 1. The number of ether oxygens (including phenoxy) is 1. The number of amides is 1. The average molecular weight is 464 g/mol. The van der Waals surface area contributed by atoms with Gasteiger partial charge in [-0.3, -0.25) is 9.48 Å². The number of carbonyl (C=O) groups excluding carboxylic acids is 1. The van der Waals surface area contributed by atoms with Gasteiger partial charge in [0.2, 0.25) is 0 Å². The lowest BCUT2D eigenvalue weighted by atomic mass is 10.1. The smallest absolute Gasteiger partial charge is 0.291 e. The molecule has 0 spiro atoms. The summed E-state index contributed by atoms with van der Waals surface area (Å²) < 4.78 is 13.4. The molecule has 4 rings (SSSR count). The van der Waals surface area contributed by atoms with E-state index in [0.29, 0.717) is 28.8 Å². The highest BCUT2D eigenvalue weighted by molar-refractivity contribution is 6.32. The molecule has 0 saturated heterocycles. The third kappa shape index (κ3) is 4.96. The van der Waals surface area contributed by atoms with E-state index in [-0.39, 0.29) is 18.3 Å². The molecule has 33 heavy (non-hydrogen) atoms. The predicted octanol–water partition coefficient (Wildman–Crippen LogP) is 6.24. The highest BCUT2D eigenvalue weighted by atomic mass is 35.5. The molecule has 0 fully saturated rings. The van der Waals surface area contributed by atoms with Crippen molar-refractivity contribution in [3.63, 3.8) is 0 Å². The van der Waals surface area contributed by atoms with Gasteiger partial charge >= 0.3 is 0 Å². The molecule has 6 nitrogen and oxygen atoms in total. The lowest BCUT2D eigenvalue weighted by Gasteiger charge is -2.09. The SMILES string of the molecule is Cc1ccccc1Cn1nc(C)c(NC(=O)c2ccc(COc3c(C)cccc3Cl)o2)c1C. The van der Waals surface area contributed by atoms with Crippen molar-refractivity contribution in [3.8, 4) is 5.75 Å². The summed E-state index contributed by atoms with van der Waals surface area (Å²) >= 11 is 6.21. The standard InChI is InChI=1S/C26H26ClN3O3/c1-16-8-5-6-10-20(16)14-30-19(4)24(18(3)29-30)28-26(31)23-13-12-21(33-23)15-32-25-17(2)9-7-11-22(25)27/h5-13H,14-15H2,1-4H3,(H,28,31). The van der Waals surface area contributed by atoms with Crippen LogP contribution in [0.15, 0.2) is 59.0 Å². The Kier molecular flexibility index (Phi) is 6.56. The average Bonchev–Trinajstić information content (AvgIpc) is 3.35. The zero-order valence-corrected chi connectivity index (χ0v) is 19.9. The van der Waals surface area contributed by atoms with Gasteiger partial charge in [0.25, 0.3) is 5.91 Å². The Labute approximate surface area is 198 Å². The fourth-order valence-corrected chi connectivity index (χ4v) is 3.95. The van der Waals surface area contributed by atoms with Crippen LogP contribution in [0.2, 0.25) is 5.02 Å². The molecule has 0 atom stereocenters. The highest BCUT2D eigenvalue weighted by Gasteiger charge is 2.18. The molecular weight excluding hydrogens is 438 g/mol. The van der Waals surface area contributed by atoms with Gasteiger partial charge < -0.3 is 14.5 Å². The van der Waals surface area contributed by atoms with Gasteiger partial charge in [-0.05, 0) is 62.6 Å². The largest absolute Gasteiger partial charge is 0.484 e. The molecule has 0 radical (unpaired) electrons. The van der Waals surface area contributed by atoms with E-state index in [2.05, 4.69) is 29.5 Å². The second-order valence-electron chi connectivity index (χ2n) is 8.02. The molecule has 4 aromatic rings. The third-order valence-corrected chi connectivity index (χ3v) is 5.91. The first kappa shape index (κ1) is 22.7. The van der Waals surface area contributed by atoms with Crippen molar-refractivity contribution in [1.82, 2.24) is 9.78 Å². The monoisotopic (exact) mass is 463 g/mol. The normalized spacial score (nSPS) is 10.9. The van der Waals surface area contributed by atoms with Gasteiger partial charge in [-0.1, -0.05) is 48.0 Å². The minimum atomic E-state index is -0.336.